The van der Waals surface area contributed by atoms with Crippen LogP contribution in [0, 0.1) is 6.92 Å². The molecule has 0 spiro atoms. The van der Waals surface area contributed by atoms with Gasteiger partial charge in [0, 0.05) is 18.7 Å². The number of nitrogens with zero attached hydrogens (tertiary/aromatic N) is 1. The highest BCUT2D eigenvalue weighted by Gasteiger charge is 2.20. The molecule has 0 aliphatic heterocycles. The minimum Gasteiger partial charge on any atom is -0.316 e. The van der Waals surface area contributed by atoms with Crippen LogP contribution in [-0.4, -0.2) is 25.7 Å². The first kappa shape index (κ1) is 14.7. The molecule has 0 radical (unpaired) electrons. The predicted molar refractivity (Wildman–Crippen MR) is 76.6 cm³/mol. The van der Waals surface area contributed by atoms with Crippen LogP contribution >= 0.6 is 0 Å². The van der Waals surface area contributed by atoms with Gasteiger partial charge in [0.05, 0.1) is 6.20 Å². The number of aromatic amines is 1. The van der Waals surface area contributed by atoms with Gasteiger partial charge in [-0.2, -0.15) is 5.10 Å². The Balaban J connectivity index is 2.15. The Labute approximate surface area is 118 Å². The zero-order valence-corrected chi connectivity index (χ0v) is 12.3. The van der Waals surface area contributed by atoms with Crippen molar-refractivity contribution in [3.05, 3.63) is 47.2 Å². The van der Waals surface area contributed by atoms with Crippen molar-refractivity contribution in [3.63, 3.8) is 0 Å². The lowest BCUT2D eigenvalue weighted by molar-refractivity contribution is 0.574. The first-order chi connectivity index (χ1) is 9.54. The zero-order valence-electron chi connectivity index (χ0n) is 11.5. The van der Waals surface area contributed by atoms with Crippen molar-refractivity contribution in [2.45, 2.75) is 25.0 Å². The molecule has 0 saturated carbocycles. The highest BCUT2D eigenvalue weighted by molar-refractivity contribution is 7.89. The molecule has 108 valence electrons. The minimum atomic E-state index is -3.59. The summed E-state index contributed by atoms with van der Waals surface area (Å²) in [6.07, 6.45) is 1.51. The number of rotatable bonds is 6. The molecule has 0 amide bonds. The second-order valence-electron chi connectivity index (χ2n) is 4.51. The van der Waals surface area contributed by atoms with Crippen LogP contribution in [0.5, 0.6) is 0 Å². The Bertz CT molecular complexity index is 679. The summed E-state index contributed by atoms with van der Waals surface area (Å²) in [5, 5.41) is 9.36. The van der Waals surface area contributed by atoms with Crippen LogP contribution in [0.3, 0.4) is 0 Å². The Kier molecular flexibility index (Phi) is 4.53. The standard InChI is InChI=1S/C13H18N4O2S/c1-10-5-3-4-6-11(10)9-16-20(18,19)13-12(7-14-2)8-15-17-13/h3-6,8,14,16H,7,9H2,1-2H3,(H,15,17). The number of aryl methyl sites for hydroxylation is 1. The van der Waals surface area contributed by atoms with Crippen LogP contribution in [0.2, 0.25) is 0 Å². The summed E-state index contributed by atoms with van der Waals surface area (Å²) in [6.45, 7) is 2.65. The third-order valence-corrected chi connectivity index (χ3v) is 4.44. The average Bonchev–Trinajstić information content (AvgIpc) is 2.87. The molecule has 0 saturated heterocycles. The molecule has 0 bridgehead atoms. The van der Waals surface area contributed by atoms with Gasteiger partial charge in [-0.15, -0.1) is 0 Å². The van der Waals surface area contributed by atoms with Gasteiger partial charge in [-0.1, -0.05) is 24.3 Å². The van der Waals surface area contributed by atoms with Gasteiger partial charge in [-0.05, 0) is 25.1 Å². The van der Waals surface area contributed by atoms with Crippen molar-refractivity contribution in [1.82, 2.24) is 20.2 Å². The molecule has 6 nitrogen and oxygen atoms in total. The quantitative estimate of drug-likeness (QED) is 0.739. The van der Waals surface area contributed by atoms with Crippen molar-refractivity contribution in [2.75, 3.05) is 7.05 Å². The first-order valence-corrected chi connectivity index (χ1v) is 7.74. The van der Waals surface area contributed by atoms with E-state index in [2.05, 4.69) is 20.2 Å². The Hall–Kier alpha value is -1.70. The number of benzene rings is 1. The molecule has 1 aromatic carbocycles. The van der Waals surface area contributed by atoms with E-state index in [-0.39, 0.29) is 11.6 Å². The highest BCUT2D eigenvalue weighted by Crippen LogP contribution is 2.13. The van der Waals surface area contributed by atoms with Crippen LogP contribution in [0.25, 0.3) is 0 Å². The summed E-state index contributed by atoms with van der Waals surface area (Å²) in [5.74, 6) is 0. The molecule has 0 aliphatic carbocycles. The van der Waals surface area contributed by atoms with E-state index in [0.717, 1.165) is 11.1 Å². The lowest BCUT2D eigenvalue weighted by Crippen LogP contribution is -2.25. The first-order valence-electron chi connectivity index (χ1n) is 6.25. The molecule has 20 heavy (non-hydrogen) atoms. The van der Waals surface area contributed by atoms with E-state index < -0.39 is 10.0 Å². The number of H-pyrrole nitrogens is 1. The lowest BCUT2D eigenvalue weighted by Gasteiger charge is -2.09. The number of hydrogen-bond donors (Lipinski definition) is 3. The largest absolute Gasteiger partial charge is 0.316 e. The summed E-state index contributed by atoms with van der Waals surface area (Å²) >= 11 is 0. The molecule has 1 heterocycles. The van der Waals surface area contributed by atoms with E-state index in [1.165, 1.54) is 6.20 Å². The fourth-order valence-electron chi connectivity index (χ4n) is 1.90. The Morgan fingerprint density at radius 1 is 1.20 bits per heavy atom. The zero-order chi connectivity index (χ0) is 14.6. The van der Waals surface area contributed by atoms with E-state index in [4.69, 9.17) is 0 Å². The molecular weight excluding hydrogens is 276 g/mol. The van der Waals surface area contributed by atoms with Crippen LogP contribution in [0.15, 0.2) is 35.5 Å². The van der Waals surface area contributed by atoms with Gasteiger partial charge in [-0.3, -0.25) is 5.10 Å². The van der Waals surface area contributed by atoms with Crippen molar-refractivity contribution in [2.24, 2.45) is 0 Å². The number of sulfonamides is 1. The summed E-state index contributed by atoms with van der Waals surface area (Å²) < 4.78 is 27.1. The molecule has 1 aromatic heterocycles. The molecule has 2 rings (SSSR count). The van der Waals surface area contributed by atoms with Crippen molar-refractivity contribution < 1.29 is 8.42 Å². The monoisotopic (exact) mass is 294 g/mol. The molecule has 0 aliphatic rings. The maximum Gasteiger partial charge on any atom is 0.258 e. The van der Waals surface area contributed by atoms with Crippen molar-refractivity contribution >= 4 is 10.0 Å². The van der Waals surface area contributed by atoms with Gasteiger partial charge in [0.1, 0.15) is 0 Å². The van der Waals surface area contributed by atoms with Crippen LogP contribution in [0.4, 0.5) is 0 Å². The highest BCUT2D eigenvalue weighted by atomic mass is 32.2. The number of aromatic nitrogens is 2. The Morgan fingerprint density at radius 2 is 1.95 bits per heavy atom. The Morgan fingerprint density at radius 3 is 2.65 bits per heavy atom. The third kappa shape index (κ3) is 3.24. The predicted octanol–water partition coefficient (Wildman–Crippen LogP) is 0.916. The molecule has 3 N–H and O–H groups in total. The molecule has 0 fully saturated rings. The second kappa shape index (κ2) is 6.17. The molecule has 0 unspecified atom stereocenters. The van der Waals surface area contributed by atoms with Crippen molar-refractivity contribution in [1.29, 1.82) is 0 Å². The van der Waals surface area contributed by atoms with Gasteiger partial charge in [0.2, 0.25) is 0 Å². The fraction of sp³-hybridized carbons (Fsp3) is 0.308. The van der Waals surface area contributed by atoms with Gasteiger partial charge in [0.25, 0.3) is 10.0 Å². The van der Waals surface area contributed by atoms with Crippen LogP contribution in [-0.2, 0) is 23.1 Å². The summed E-state index contributed by atoms with van der Waals surface area (Å²) in [7, 11) is -1.84. The average molecular weight is 294 g/mol. The van der Waals surface area contributed by atoms with Crippen LogP contribution in [0.1, 0.15) is 16.7 Å². The second-order valence-corrected chi connectivity index (χ2v) is 6.21. The van der Waals surface area contributed by atoms with Crippen molar-refractivity contribution in [3.8, 4) is 0 Å². The van der Waals surface area contributed by atoms with E-state index in [9.17, 15) is 8.42 Å². The summed E-state index contributed by atoms with van der Waals surface area (Å²) in [4.78, 5) is 0. The maximum absolute atomic E-state index is 12.3. The van der Waals surface area contributed by atoms with Gasteiger partial charge in [-0.25, -0.2) is 13.1 Å². The molecular formula is C13H18N4O2S. The fourth-order valence-corrected chi connectivity index (χ4v) is 3.03. The van der Waals surface area contributed by atoms with E-state index in [1.807, 2.05) is 31.2 Å². The van der Waals surface area contributed by atoms with E-state index in [1.54, 1.807) is 7.05 Å². The minimum absolute atomic E-state index is 0.112. The third-order valence-electron chi connectivity index (χ3n) is 3.03. The van der Waals surface area contributed by atoms with Gasteiger partial charge >= 0.3 is 0 Å². The van der Waals surface area contributed by atoms with Gasteiger partial charge < -0.3 is 5.32 Å². The number of nitrogens with one attached hydrogen (secondary N) is 3. The maximum atomic E-state index is 12.3. The topological polar surface area (TPSA) is 86.9 Å². The normalized spacial score (nSPS) is 11.7. The summed E-state index contributed by atoms with van der Waals surface area (Å²) in [5.41, 5.74) is 2.62. The lowest BCUT2D eigenvalue weighted by atomic mass is 10.1. The molecule has 7 heteroatoms. The van der Waals surface area contributed by atoms with Gasteiger partial charge in [0.15, 0.2) is 5.03 Å². The summed E-state index contributed by atoms with van der Waals surface area (Å²) in [6, 6.07) is 7.66. The van der Waals surface area contributed by atoms with E-state index >= 15 is 0 Å². The van der Waals surface area contributed by atoms with E-state index in [0.29, 0.717) is 12.1 Å². The smallest absolute Gasteiger partial charge is 0.258 e. The van der Waals surface area contributed by atoms with Crippen LogP contribution < -0.4 is 10.0 Å². The molecule has 2 aromatic rings. The molecule has 0 atom stereocenters. The SMILES string of the molecule is CNCc1cn[nH]c1S(=O)(=O)NCc1ccccc1C. The number of hydrogen-bond acceptors (Lipinski definition) is 4.